The van der Waals surface area contributed by atoms with E-state index >= 15 is 0 Å². The third-order valence-corrected chi connectivity index (χ3v) is 6.02. The van der Waals surface area contributed by atoms with Crippen molar-refractivity contribution in [2.75, 3.05) is 24.6 Å². The van der Waals surface area contributed by atoms with Gasteiger partial charge in [-0.05, 0) is 72.2 Å². The van der Waals surface area contributed by atoms with Crippen molar-refractivity contribution in [2.24, 2.45) is 0 Å². The molecule has 1 aliphatic heterocycles. The summed E-state index contributed by atoms with van der Waals surface area (Å²) < 4.78 is 13.1. The summed E-state index contributed by atoms with van der Waals surface area (Å²) in [6.07, 6.45) is 5.11. The normalized spacial score (nSPS) is 15.7. The standard InChI is InChI=1S/C25H27IN4O3/c1-2-32-22-10-3-4-11-23(22)33-21-9-6-12-30(17-21)25-28-15-19(16-29-25)24(31)27-14-18-7-5-8-20(26)13-18/h3-5,7-8,10-11,13,15-16,21H,2,6,9,12,14,17H2,1H3,(H,27,31). The minimum Gasteiger partial charge on any atom is -0.490 e. The van der Waals surface area contributed by atoms with E-state index in [0.29, 0.717) is 31.2 Å². The third kappa shape index (κ3) is 6.34. The molecule has 0 spiro atoms. The first-order valence-electron chi connectivity index (χ1n) is 11.1. The molecule has 1 amide bonds. The van der Waals surface area contributed by atoms with Gasteiger partial charge in [-0.1, -0.05) is 24.3 Å². The van der Waals surface area contributed by atoms with Crippen LogP contribution in [-0.4, -0.2) is 41.7 Å². The molecule has 1 aliphatic rings. The predicted octanol–water partition coefficient (Wildman–Crippen LogP) is 4.46. The predicted molar refractivity (Wildman–Crippen MR) is 136 cm³/mol. The van der Waals surface area contributed by atoms with Crippen molar-refractivity contribution >= 4 is 34.4 Å². The van der Waals surface area contributed by atoms with Crippen LogP contribution in [0.4, 0.5) is 5.95 Å². The number of carbonyl (C=O) groups excluding carboxylic acids is 1. The van der Waals surface area contributed by atoms with E-state index in [4.69, 9.17) is 9.47 Å². The number of hydrogen-bond donors (Lipinski definition) is 1. The minimum absolute atomic E-state index is 0.0144. The fraction of sp³-hybridized carbons (Fsp3) is 0.320. The van der Waals surface area contributed by atoms with Crippen LogP contribution < -0.4 is 19.7 Å². The molecule has 1 unspecified atom stereocenters. The van der Waals surface area contributed by atoms with Crippen molar-refractivity contribution in [1.29, 1.82) is 0 Å². The lowest BCUT2D eigenvalue weighted by molar-refractivity contribution is 0.0950. The number of hydrogen-bond acceptors (Lipinski definition) is 6. The SMILES string of the molecule is CCOc1ccccc1OC1CCCN(c2ncc(C(=O)NCc3cccc(I)c3)cn2)C1. The highest BCUT2D eigenvalue weighted by Crippen LogP contribution is 2.29. The van der Waals surface area contributed by atoms with Gasteiger partial charge in [-0.3, -0.25) is 4.79 Å². The number of anilines is 1. The van der Waals surface area contributed by atoms with Gasteiger partial charge in [0.15, 0.2) is 11.5 Å². The molecule has 1 N–H and O–H groups in total. The number of halogens is 1. The first kappa shape index (κ1) is 23.3. The number of para-hydroxylation sites is 2. The summed E-state index contributed by atoms with van der Waals surface area (Å²) >= 11 is 2.26. The van der Waals surface area contributed by atoms with E-state index < -0.39 is 0 Å². The number of nitrogens with one attached hydrogen (secondary N) is 1. The highest BCUT2D eigenvalue weighted by molar-refractivity contribution is 14.1. The zero-order valence-electron chi connectivity index (χ0n) is 18.5. The summed E-state index contributed by atoms with van der Waals surface area (Å²) in [7, 11) is 0. The molecule has 2 heterocycles. The first-order chi connectivity index (χ1) is 16.1. The molecular formula is C25H27IN4O3. The fourth-order valence-electron chi connectivity index (χ4n) is 3.75. The molecule has 3 aromatic rings. The van der Waals surface area contributed by atoms with Crippen molar-refractivity contribution in [3.05, 3.63) is 75.6 Å². The van der Waals surface area contributed by atoms with Crippen molar-refractivity contribution < 1.29 is 14.3 Å². The van der Waals surface area contributed by atoms with Crippen LogP contribution in [0.1, 0.15) is 35.7 Å². The van der Waals surface area contributed by atoms with Crippen molar-refractivity contribution in [2.45, 2.75) is 32.4 Å². The van der Waals surface area contributed by atoms with Gasteiger partial charge < -0.3 is 19.7 Å². The van der Waals surface area contributed by atoms with E-state index in [1.165, 1.54) is 0 Å². The van der Waals surface area contributed by atoms with Crippen LogP contribution in [0.2, 0.25) is 0 Å². The summed E-state index contributed by atoms with van der Waals surface area (Å²) in [5.74, 6) is 1.93. The number of rotatable bonds is 8. The molecule has 1 saturated heterocycles. The Hall–Kier alpha value is -2.88. The number of piperidine rings is 1. The molecule has 0 radical (unpaired) electrons. The molecule has 33 heavy (non-hydrogen) atoms. The number of nitrogens with zero attached hydrogens (tertiary/aromatic N) is 3. The largest absolute Gasteiger partial charge is 0.490 e. The fourth-order valence-corrected chi connectivity index (χ4v) is 4.36. The lowest BCUT2D eigenvalue weighted by Crippen LogP contribution is -2.42. The Morgan fingerprint density at radius 1 is 1.15 bits per heavy atom. The third-order valence-electron chi connectivity index (χ3n) is 5.35. The smallest absolute Gasteiger partial charge is 0.254 e. The van der Waals surface area contributed by atoms with Gasteiger partial charge in [-0.2, -0.15) is 0 Å². The first-order valence-corrected chi connectivity index (χ1v) is 12.2. The van der Waals surface area contributed by atoms with Gasteiger partial charge >= 0.3 is 0 Å². The van der Waals surface area contributed by atoms with Crippen LogP contribution >= 0.6 is 22.6 Å². The Morgan fingerprint density at radius 3 is 2.70 bits per heavy atom. The van der Waals surface area contributed by atoms with E-state index in [1.807, 2.05) is 55.5 Å². The Labute approximate surface area is 207 Å². The number of carbonyl (C=O) groups is 1. The van der Waals surface area contributed by atoms with E-state index in [0.717, 1.165) is 40.0 Å². The highest BCUT2D eigenvalue weighted by atomic mass is 127. The van der Waals surface area contributed by atoms with E-state index in [1.54, 1.807) is 12.4 Å². The second-order valence-electron chi connectivity index (χ2n) is 7.79. The number of amides is 1. The maximum Gasteiger partial charge on any atom is 0.254 e. The summed E-state index contributed by atoms with van der Waals surface area (Å²) in [5.41, 5.74) is 1.50. The zero-order chi connectivity index (χ0) is 23.0. The second kappa shape index (κ2) is 11.3. The molecule has 1 aromatic heterocycles. The molecule has 0 aliphatic carbocycles. The second-order valence-corrected chi connectivity index (χ2v) is 9.04. The van der Waals surface area contributed by atoms with Crippen LogP contribution in [0, 0.1) is 3.57 Å². The summed E-state index contributed by atoms with van der Waals surface area (Å²) in [4.78, 5) is 23.5. The van der Waals surface area contributed by atoms with Gasteiger partial charge in [0.05, 0.1) is 18.7 Å². The minimum atomic E-state index is -0.187. The van der Waals surface area contributed by atoms with Crippen molar-refractivity contribution in [3.8, 4) is 11.5 Å². The van der Waals surface area contributed by atoms with Crippen LogP contribution in [0.5, 0.6) is 11.5 Å². The lowest BCUT2D eigenvalue weighted by Gasteiger charge is -2.33. The number of ether oxygens (including phenoxy) is 2. The molecule has 172 valence electrons. The van der Waals surface area contributed by atoms with Crippen LogP contribution in [0.15, 0.2) is 60.9 Å². The molecular weight excluding hydrogens is 531 g/mol. The molecule has 0 bridgehead atoms. The van der Waals surface area contributed by atoms with Gasteiger partial charge in [-0.25, -0.2) is 9.97 Å². The Morgan fingerprint density at radius 2 is 1.94 bits per heavy atom. The molecule has 2 aromatic carbocycles. The number of aromatic nitrogens is 2. The van der Waals surface area contributed by atoms with Gasteiger partial charge in [-0.15, -0.1) is 0 Å². The van der Waals surface area contributed by atoms with Crippen molar-refractivity contribution in [1.82, 2.24) is 15.3 Å². The van der Waals surface area contributed by atoms with Crippen LogP contribution in [0.3, 0.4) is 0 Å². The summed E-state index contributed by atoms with van der Waals surface area (Å²) in [5, 5.41) is 2.92. The Balaban J connectivity index is 1.35. The monoisotopic (exact) mass is 558 g/mol. The summed E-state index contributed by atoms with van der Waals surface area (Å²) in [6.45, 7) is 4.55. The van der Waals surface area contributed by atoms with Gasteiger partial charge in [0, 0.05) is 29.1 Å². The Kier molecular flexibility index (Phi) is 7.98. The average Bonchev–Trinajstić information content (AvgIpc) is 2.84. The maximum atomic E-state index is 12.5. The molecule has 1 fully saturated rings. The molecule has 4 rings (SSSR count). The highest BCUT2D eigenvalue weighted by Gasteiger charge is 2.24. The lowest BCUT2D eigenvalue weighted by atomic mass is 10.1. The quantitative estimate of drug-likeness (QED) is 0.412. The Bertz CT molecular complexity index is 1080. The van der Waals surface area contributed by atoms with Crippen LogP contribution in [0.25, 0.3) is 0 Å². The topological polar surface area (TPSA) is 76.6 Å². The van der Waals surface area contributed by atoms with E-state index in [9.17, 15) is 4.79 Å². The zero-order valence-corrected chi connectivity index (χ0v) is 20.7. The molecule has 1 atom stereocenters. The van der Waals surface area contributed by atoms with Crippen molar-refractivity contribution in [3.63, 3.8) is 0 Å². The van der Waals surface area contributed by atoms with Gasteiger partial charge in [0.1, 0.15) is 6.10 Å². The molecule has 0 saturated carbocycles. The average molecular weight is 558 g/mol. The molecule has 8 heteroatoms. The maximum absolute atomic E-state index is 12.5. The van der Waals surface area contributed by atoms with Gasteiger partial charge in [0.25, 0.3) is 5.91 Å². The van der Waals surface area contributed by atoms with Crippen LogP contribution in [-0.2, 0) is 6.54 Å². The summed E-state index contributed by atoms with van der Waals surface area (Å²) in [6, 6.07) is 15.8. The molecule has 7 nitrogen and oxygen atoms in total. The van der Waals surface area contributed by atoms with Gasteiger partial charge in [0.2, 0.25) is 5.95 Å². The number of benzene rings is 2. The van der Waals surface area contributed by atoms with E-state index in [-0.39, 0.29) is 12.0 Å². The van der Waals surface area contributed by atoms with E-state index in [2.05, 4.69) is 42.8 Å².